The second kappa shape index (κ2) is 36.6. The number of aromatic amines is 1. The number of nitrogens with zero attached hydrogens (tertiary/aromatic N) is 1. The number of hydrogen-bond acceptors (Lipinski definition) is 16. The molecule has 1 heterocycles. The Hall–Kier alpha value is -7.85. The third kappa shape index (κ3) is 25.9. The van der Waals surface area contributed by atoms with Crippen molar-refractivity contribution >= 4 is 94.9 Å². The lowest BCUT2D eigenvalue weighted by Crippen LogP contribution is -2.61. The maximum Gasteiger partial charge on any atom is 0.305 e. The molecule has 1 aromatic heterocycles. The molecule has 0 spiro atoms. The van der Waals surface area contributed by atoms with Gasteiger partial charge in [-0.25, -0.2) is 4.98 Å². The van der Waals surface area contributed by atoms with Crippen LogP contribution >= 0.6 is 23.5 Å². The molecule has 3 aromatic rings. The van der Waals surface area contributed by atoms with Gasteiger partial charge in [0.15, 0.2) is 0 Å². The van der Waals surface area contributed by atoms with Gasteiger partial charge in [0.1, 0.15) is 48.6 Å². The SMILES string of the molecule is CSCC[C@@H](C=O)NC(=O)[C@H](CC(C)C)NC(=O)CNC(=O)[C@@H](NC(=O)[C@H](Cc1ccccc1)NC(=O)[C@H](Cc1ccccc1)NC(=O)[C@H](CC(=O)O)NC(=O)[C@H](Cc1cnc[nH]1)NC(=O)[C@H](CCSC)NC(=O)[C@@H](N)CC(=O)O)C(C)C. The predicted molar refractivity (Wildman–Crippen MR) is 310 cm³/mol. The number of imidazole rings is 1. The van der Waals surface area contributed by atoms with E-state index in [0.717, 1.165) is 0 Å². The van der Waals surface area contributed by atoms with Gasteiger partial charge >= 0.3 is 11.9 Å². The van der Waals surface area contributed by atoms with Gasteiger partial charge in [-0.15, -0.1) is 0 Å². The minimum absolute atomic E-state index is 0.0152. The average Bonchev–Trinajstić information content (AvgIpc) is 4.01. The number of carbonyl (C=O) groups is 12. The van der Waals surface area contributed by atoms with Crippen LogP contribution in [-0.2, 0) is 76.8 Å². The maximum atomic E-state index is 14.6. The zero-order valence-electron chi connectivity index (χ0n) is 47.3. The monoisotopic (exact) mass is 1190 g/mol. The number of carbonyl (C=O) groups excluding carboxylic acids is 10. The minimum atomic E-state index is -1.90. The Morgan fingerprint density at radius 2 is 1.04 bits per heavy atom. The van der Waals surface area contributed by atoms with Crippen LogP contribution in [0, 0.1) is 11.8 Å². The van der Waals surface area contributed by atoms with Crippen LogP contribution in [0.2, 0.25) is 0 Å². The highest BCUT2D eigenvalue weighted by molar-refractivity contribution is 7.98. The summed E-state index contributed by atoms with van der Waals surface area (Å²) in [4.78, 5) is 167. The van der Waals surface area contributed by atoms with Crippen molar-refractivity contribution in [3.8, 4) is 0 Å². The molecule has 0 aliphatic heterocycles. The maximum absolute atomic E-state index is 14.6. The molecule has 83 heavy (non-hydrogen) atoms. The lowest BCUT2D eigenvalue weighted by molar-refractivity contribution is -0.142. The molecule has 0 saturated carbocycles. The molecule has 26 nitrogen and oxygen atoms in total. The van der Waals surface area contributed by atoms with Crippen LogP contribution < -0.4 is 53.6 Å². The smallest absolute Gasteiger partial charge is 0.305 e. The van der Waals surface area contributed by atoms with E-state index in [1.54, 1.807) is 80.8 Å². The molecule has 14 N–H and O–H groups in total. The van der Waals surface area contributed by atoms with E-state index in [0.29, 0.717) is 41.0 Å². The van der Waals surface area contributed by atoms with E-state index >= 15 is 0 Å². The number of amides is 9. The Bertz CT molecular complexity index is 2630. The fourth-order valence-corrected chi connectivity index (χ4v) is 9.16. The van der Waals surface area contributed by atoms with Crippen molar-refractivity contribution in [2.45, 2.75) is 133 Å². The summed E-state index contributed by atoms with van der Waals surface area (Å²) in [6, 6.07) is 4.51. The number of carboxylic acid groups (broad SMARTS) is 2. The Balaban J connectivity index is 1.91. The third-order valence-electron chi connectivity index (χ3n) is 12.6. The summed E-state index contributed by atoms with van der Waals surface area (Å²) in [6.07, 6.45) is 5.08. The summed E-state index contributed by atoms with van der Waals surface area (Å²) in [6.45, 7) is 6.37. The van der Waals surface area contributed by atoms with Crippen molar-refractivity contribution < 1.29 is 67.7 Å². The fraction of sp³-hybridized carbons (Fsp3) is 0.509. The lowest BCUT2D eigenvalue weighted by Gasteiger charge is -2.28. The number of H-pyrrole nitrogens is 1. The molecule has 9 amide bonds. The molecule has 3 rings (SSSR count). The van der Waals surface area contributed by atoms with Gasteiger partial charge in [0.05, 0.1) is 37.8 Å². The number of benzene rings is 2. The lowest BCUT2D eigenvalue weighted by atomic mass is 10.00. The van der Waals surface area contributed by atoms with Crippen molar-refractivity contribution in [3.63, 3.8) is 0 Å². The van der Waals surface area contributed by atoms with E-state index in [1.165, 1.54) is 36.0 Å². The zero-order chi connectivity index (χ0) is 61.6. The number of carboxylic acids is 2. The normalized spacial score (nSPS) is 14.3. The van der Waals surface area contributed by atoms with Crippen LogP contribution in [0.15, 0.2) is 73.2 Å². The van der Waals surface area contributed by atoms with E-state index in [-0.39, 0.29) is 38.0 Å². The Kier molecular flexibility index (Phi) is 30.6. The molecular weight excluding hydrogens is 1120 g/mol. The molecule has 454 valence electrons. The van der Waals surface area contributed by atoms with Gasteiger partial charge in [0, 0.05) is 31.2 Å². The number of thioether (sulfide) groups is 2. The molecule has 0 unspecified atom stereocenters. The van der Waals surface area contributed by atoms with E-state index < -0.39 is 145 Å². The predicted octanol–water partition coefficient (Wildman–Crippen LogP) is -0.884. The summed E-state index contributed by atoms with van der Waals surface area (Å²) in [7, 11) is 0. The number of rotatable bonds is 38. The molecule has 0 bridgehead atoms. The highest BCUT2D eigenvalue weighted by Crippen LogP contribution is 2.13. The van der Waals surface area contributed by atoms with Crippen molar-refractivity contribution in [3.05, 3.63) is 90.0 Å². The quantitative estimate of drug-likeness (QED) is 0.0310. The van der Waals surface area contributed by atoms with E-state index in [2.05, 4.69) is 57.8 Å². The molecule has 0 radical (unpaired) electrons. The zero-order valence-corrected chi connectivity index (χ0v) is 48.9. The van der Waals surface area contributed by atoms with Gasteiger partial charge in [0.25, 0.3) is 0 Å². The molecule has 0 saturated heterocycles. The number of nitrogens with one attached hydrogen (secondary N) is 10. The Morgan fingerprint density at radius 3 is 1.52 bits per heavy atom. The summed E-state index contributed by atoms with van der Waals surface area (Å²) >= 11 is 2.83. The summed E-state index contributed by atoms with van der Waals surface area (Å²) in [5.74, 6) is -10.5. The van der Waals surface area contributed by atoms with Gasteiger partial charge in [0.2, 0.25) is 53.2 Å². The van der Waals surface area contributed by atoms with Gasteiger partial charge in [-0.3, -0.25) is 52.7 Å². The molecule has 2 aromatic carbocycles. The van der Waals surface area contributed by atoms with Gasteiger partial charge in [-0.2, -0.15) is 23.5 Å². The standard InChI is InChI=1S/C55H78N12O14S2/c1-31(2)21-39(50(76)60-35(29-68)17-19-82-5)61-44(69)28-58-55(81)47(32(3)4)67-54(80)41(23-34-15-11-8-12-16-34)64-51(77)40(22-33-13-9-7-10-14-33)63-53(79)43(26-46(72)73)66-52(78)42(24-36-27-57-30-59-36)65-49(75)38(18-20-83-6)62-48(74)37(56)25-45(70)71/h7-16,27,29-32,35,37-43,47H,17-26,28,56H2,1-6H3,(H,57,59)(H,58,81)(H,60,76)(H,61,69)(H,62,74)(H,63,79)(H,64,77)(H,65,75)(H,66,78)(H,67,80)(H,70,71)(H,72,73)/t35-,37-,38-,39-,40-,41-,42-,43-,47-/m0/s1. The number of nitrogens with two attached hydrogens (primary N) is 1. The van der Waals surface area contributed by atoms with E-state index in [9.17, 15) is 62.6 Å². The largest absolute Gasteiger partial charge is 0.481 e. The van der Waals surface area contributed by atoms with Gasteiger partial charge in [-0.05, 0) is 66.2 Å². The van der Waals surface area contributed by atoms with Crippen molar-refractivity contribution in [1.29, 1.82) is 0 Å². The number of aliphatic carboxylic acids is 2. The average molecular weight is 1200 g/mol. The second-order valence-corrected chi connectivity index (χ2v) is 22.3. The molecule has 0 fully saturated rings. The Labute approximate surface area is 490 Å². The van der Waals surface area contributed by atoms with Crippen LogP contribution in [0.5, 0.6) is 0 Å². The summed E-state index contributed by atoms with van der Waals surface area (Å²) < 4.78 is 0. The minimum Gasteiger partial charge on any atom is -0.481 e. The van der Waals surface area contributed by atoms with Crippen LogP contribution in [0.3, 0.4) is 0 Å². The first-order chi connectivity index (χ1) is 39.4. The molecule has 28 heteroatoms. The van der Waals surface area contributed by atoms with Crippen LogP contribution in [0.4, 0.5) is 0 Å². The first-order valence-corrected chi connectivity index (χ1v) is 29.6. The Morgan fingerprint density at radius 1 is 0.566 bits per heavy atom. The first-order valence-electron chi connectivity index (χ1n) is 26.8. The van der Waals surface area contributed by atoms with Crippen molar-refractivity contribution in [2.24, 2.45) is 17.6 Å². The topological polar surface area (TPSA) is 408 Å². The summed E-state index contributed by atoms with van der Waals surface area (Å²) in [5.41, 5.74) is 7.15. The molecule has 9 atom stereocenters. The first kappa shape index (κ1) is 69.4. The number of hydrogen-bond donors (Lipinski definition) is 13. The number of aromatic nitrogens is 2. The number of aldehydes is 1. The molecular formula is C55H78N12O14S2. The summed E-state index contributed by atoms with van der Waals surface area (Å²) in [5, 5.41) is 42.2. The van der Waals surface area contributed by atoms with E-state index in [1.807, 2.05) is 20.1 Å². The van der Waals surface area contributed by atoms with Crippen molar-refractivity contribution in [2.75, 3.05) is 30.6 Å². The van der Waals surface area contributed by atoms with Gasteiger partial charge in [-0.1, -0.05) is 88.4 Å². The highest BCUT2D eigenvalue weighted by atomic mass is 32.2. The molecule has 0 aliphatic carbocycles. The fourth-order valence-electron chi connectivity index (χ4n) is 8.20. The van der Waals surface area contributed by atoms with E-state index in [4.69, 9.17) is 10.8 Å². The van der Waals surface area contributed by atoms with Crippen LogP contribution in [0.1, 0.15) is 76.6 Å². The van der Waals surface area contributed by atoms with Crippen LogP contribution in [0.25, 0.3) is 0 Å². The molecule has 0 aliphatic rings. The van der Waals surface area contributed by atoms with Crippen LogP contribution in [-0.4, -0.2) is 177 Å². The van der Waals surface area contributed by atoms with Crippen molar-refractivity contribution in [1.82, 2.24) is 57.8 Å². The third-order valence-corrected chi connectivity index (χ3v) is 13.9. The van der Waals surface area contributed by atoms with Gasteiger partial charge < -0.3 is 73.6 Å². The highest BCUT2D eigenvalue weighted by Gasteiger charge is 2.36. The second-order valence-electron chi connectivity index (χ2n) is 20.3.